The Balaban J connectivity index is 0.00000161. The molecule has 1 aromatic heterocycles. The lowest BCUT2D eigenvalue weighted by Crippen LogP contribution is -2.43. The highest BCUT2D eigenvalue weighted by atomic mass is 35.5. The van der Waals surface area contributed by atoms with E-state index in [1.165, 1.54) is 16.9 Å². The number of halogens is 1. The molecule has 3 rings (SSSR count). The van der Waals surface area contributed by atoms with E-state index in [9.17, 15) is 4.79 Å². The number of amides is 1. The maximum absolute atomic E-state index is 12.0. The van der Waals surface area contributed by atoms with Crippen molar-refractivity contribution in [2.75, 3.05) is 25.1 Å². The van der Waals surface area contributed by atoms with Crippen molar-refractivity contribution in [3.05, 3.63) is 23.8 Å². The van der Waals surface area contributed by atoms with Crippen LogP contribution in [0.4, 0.5) is 5.13 Å². The molecule has 0 spiro atoms. The second kappa shape index (κ2) is 7.17. The Morgan fingerprint density at radius 3 is 3.19 bits per heavy atom. The molecule has 7 heteroatoms. The fraction of sp³-hybridized carbons (Fsp3) is 0.429. The zero-order valence-electron chi connectivity index (χ0n) is 11.7. The van der Waals surface area contributed by atoms with Gasteiger partial charge in [0.25, 0.3) is 0 Å². The number of nitrogens with zero attached hydrogens (tertiary/aromatic N) is 1. The first-order valence-electron chi connectivity index (χ1n) is 6.69. The van der Waals surface area contributed by atoms with Crippen LogP contribution in [0.1, 0.15) is 12.0 Å². The summed E-state index contributed by atoms with van der Waals surface area (Å²) in [5, 5.41) is 6.80. The predicted octanol–water partition coefficient (Wildman–Crippen LogP) is 2.34. The Labute approximate surface area is 133 Å². The number of hydrogen-bond acceptors (Lipinski definition) is 5. The Hall–Kier alpha value is -1.21. The molecular formula is C14H18ClN3O2S. The summed E-state index contributed by atoms with van der Waals surface area (Å²) in [6.07, 6.45) is 0.412. The van der Waals surface area contributed by atoms with E-state index < -0.39 is 0 Å². The van der Waals surface area contributed by atoms with Crippen LogP contribution in [0.2, 0.25) is 0 Å². The van der Waals surface area contributed by atoms with Crippen molar-refractivity contribution in [3.63, 3.8) is 0 Å². The van der Waals surface area contributed by atoms with E-state index in [1.54, 1.807) is 0 Å². The first-order chi connectivity index (χ1) is 9.70. The van der Waals surface area contributed by atoms with Crippen LogP contribution in [-0.4, -0.2) is 36.7 Å². The molecule has 2 heterocycles. The third kappa shape index (κ3) is 4.14. The molecule has 1 saturated heterocycles. The topological polar surface area (TPSA) is 63.2 Å². The quantitative estimate of drug-likeness (QED) is 0.908. The van der Waals surface area contributed by atoms with Gasteiger partial charge in [0, 0.05) is 19.0 Å². The molecule has 5 nitrogen and oxygen atoms in total. The van der Waals surface area contributed by atoms with Gasteiger partial charge in [0.15, 0.2) is 5.13 Å². The minimum absolute atomic E-state index is 0. The number of ether oxygens (including phenoxy) is 1. The fourth-order valence-corrected chi connectivity index (χ4v) is 3.21. The zero-order chi connectivity index (χ0) is 13.9. The van der Waals surface area contributed by atoms with Crippen molar-refractivity contribution in [1.82, 2.24) is 10.3 Å². The second-order valence-corrected chi connectivity index (χ2v) is 6.00. The van der Waals surface area contributed by atoms with Gasteiger partial charge in [-0.2, -0.15) is 0 Å². The minimum atomic E-state index is -0.0243. The Kier molecular flexibility index (Phi) is 5.52. The molecule has 0 saturated carbocycles. The van der Waals surface area contributed by atoms with Gasteiger partial charge in [-0.15, -0.1) is 12.4 Å². The van der Waals surface area contributed by atoms with E-state index in [4.69, 9.17) is 4.74 Å². The third-order valence-corrected chi connectivity index (χ3v) is 4.15. The number of nitrogens with one attached hydrogen (secondary N) is 2. The number of hydrogen-bond donors (Lipinski definition) is 2. The van der Waals surface area contributed by atoms with E-state index in [2.05, 4.69) is 21.7 Å². The average molecular weight is 328 g/mol. The Bertz CT molecular complexity index is 626. The summed E-state index contributed by atoms with van der Waals surface area (Å²) < 4.78 is 6.44. The first-order valence-corrected chi connectivity index (χ1v) is 7.50. The number of thiazole rings is 1. The summed E-state index contributed by atoms with van der Waals surface area (Å²) in [6, 6.07) is 6.18. The van der Waals surface area contributed by atoms with Gasteiger partial charge < -0.3 is 15.4 Å². The van der Waals surface area contributed by atoms with Crippen molar-refractivity contribution in [2.24, 2.45) is 0 Å². The van der Waals surface area contributed by atoms with Crippen molar-refractivity contribution >= 4 is 45.0 Å². The number of rotatable bonds is 3. The van der Waals surface area contributed by atoms with Crippen LogP contribution in [0.15, 0.2) is 18.2 Å². The van der Waals surface area contributed by atoms with E-state index in [-0.39, 0.29) is 24.4 Å². The maximum atomic E-state index is 12.0. The van der Waals surface area contributed by atoms with Gasteiger partial charge in [-0.3, -0.25) is 4.79 Å². The molecule has 1 aromatic carbocycles. The molecule has 114 valence electrons. The van der Waals surface area contributed by atoms with Crippen LogP contribution in [0.5, 0.6) is 0 Å². The molecule has 1 aliphatic heterocycles. The summed E-state index contributed by atoms with van der Waals surface area (Å²) in [5.74, 6) is -0.0243. The summed E-state index contributed by atoms with van der Waals surface area (Å²) in [6.45, 7) is 4.16. The molecule has 0 radical (unpaired) electrons. The van der Waals surface area contributed by atoms with Crippen molar-refractivity contribution in [1.29, 1.82) is 0 Å². The molecule has 0 aliphatic carbocycles. The normalized spacial score (nSPS) is 18.2. The highest BCUT2D eigenvalue weighted by Gasteiger charge is 2.17. The van der Waals surface area contributed by atoms with Crippen molar-refractivity contribution in [2.45, 2.75) is 19.4 Å². The number of carbonyl (C=O) groups excluding carboxylic acids is 1. The molecule has 21 heavy (non-hydrogen) atoms. The average Bonchev–Trinajstić information content (AvgIpc) is 2.80. The lowest BCUT2D eigenvalue weighted by Gasteiger charge is -2.22. The van der Waals surface area contributed by atoms with Crippen molar-refractivity contribution in [3.8, 4) is 0 Å². The minimum Gasteiger partial charge on any atom is -0.378 e. The van der Waals surface area contributed by atoms with Gasteiger partial charge in [0.05, 0.1) is 23.4 Å². The highest BCUT2D eigenvalue weighted by molar-refractivity contribution is 7.22. The molecule has 1 aliphatic rings. The van der Waals surface area contributed by atoms with E-state index in [0.717, 1.165) is 23.4 Å². The SMILES string of the molecule is Cc1ccc2nc(NC(=O)CC3COCCN3)sc2c1.Cl. The van der Waals surface area contributed by atoms with Crippen LogP contribution < -0.4 is 10.6 Å². The summed E-state index contributed by atoms with van der Waals surface area (Å²) in [5.41, 5.74) is 2.12. The Morgan fingerprint density at radius 2 is 2.43 bits per heavy atom. The number of morpholine rings is 1. The van der Waals surface area contributed by atoms with Gasteiger partial charge in [-0.25, -0.2) is 4.98 Å². The third-order valence-electron chi connectivity index (χ3n) is 3.22. The van der Waals surface area contributed by atoms with Gasteiger partial charge in [-0.1, -0.05) is 17.4 Å². The second-order valence-electron chi connectivity index (χ2n) is 4.97. The molecule has 2 aromatic rings. The molecule has 0 bridgehead atoms. The molecule has 2 N–H and O–H groups in total. The monoisotopic (exact) mass is 327 g/mol. The van der Waals surface area contributed by atoms with Crippen LogP contribution in [0.25, 0.3) is 10.2 Å². The summed E-state index contributed by atoms with van der Waals surface area (Å²) >= 11 is 1.51. The zero-order valence-corrected chi connectivity index (χ0v) is 13.4. The number of fused-ring (bicyclic) bond motifs is 1. The summed E-state index contributed by atoms with van der Waals surface area (Å²) in [7, 11) is 0. The van der Waals surface area contributed by atoms with Crippen LogP contribution in [-0.2, 0) is 9.53 Å². The first kappa shape index (κ1) is 16.2. The van der Waals surface area contributed by atoms with Crippen LogP contribution in [0, 0.1) is 6.92 Å². The van der Waals surface area contributed by atoms with Crippen LogP contribution >= 0.6 is 23.7 Å². The van der Waals surface area contributed by atoms with Gasteiger partial charge in [0.2, 0.25) is 5.91 Å². The molecule has 1 amide bonds. The number of aryl methyl sites for hydroxylation is 1. The number of aromatic nitrogens is 1. The largest absolute Gasteiger partial charge is 0.378 e. The standard InChI is InChI=1S/C14H17N3O2S.ClH/c1-9-2-3-11-12(6-9)20-14(16-11)17-13(18)7-10-8-19-5-4-15-10;/h2-3,6,10,15H,4-5,7-8H2,1H3,(H,16,17,18);1H. The lowest BCUT2D eigenvalue weighted by atomic mass is 10.2. The van der Waals surface area contributed by atoms with Gasteiger partial charge >= 0.3 is 0 Å². The Morgan fingerprint density at radius 1 is 1.57 bits per heavy atom. The van der Waals surface area contributed by atoms with E-state index in [0.29, 0.717) is 18.2 Å². The maximum Gasteiger partial charge on any atom is 0.227 e. The highest BCUT2D eigenvalue weighted by Crippen LogP contribution is 2.26. The molecule has 1 unspecified atom stereocenters. The number of benzene rings is 1. The molecule has 1 fully saturated rings. The van der Waals surface area contributed by atoms with E-state index >= 15 is 0 Å². The predicted molar refractivity (Wildman–Crippen MR) is 87.5 cm³/mol. The molecular weight excluding hydrogens is 310 g/mol. The van der Waals surface area contributed by atoms with Crippen LogP contribution in [0.3, 0.4) is 0 Å². The summed E-state index contributed by atoms with van der Waals surface area (Å²) in [4.78, 5) is 16.4. The molecule has 1 atom stereocenters. The van der Waals surface area contributed by atoms with Gasteiger partial charge in [0.1, 0.15) is 0 Å². The lowest BCUT2D eigenvalue weighted by molar-refractivity contribution is -0.117. The fourth-order valence-electron chi connectivity index (χ4n) is 2.23. The smallest absolute Gasteiger partial charge is 0.227 e. The van der Waals surface area contributed by atoms with E-state index in [1.807, 2.05) is 19.1 Å². The van der Waals surface area contributed by atoms with Gasteiger partial charge in [-0.05, 0) is 24.6 Å². The van der Waals surface area contributed by atoms with Crippen molar-refractivity contribution < 1.29 is 9.53 Å². The number of carbonyl (C=O) groups is 1. The number of anilines is 1.